The zero-order chi connectivity index (χ0) is 55.0. The molecule has 0 aliphatic heterocycles. The molecule has 6 heterocycles. The van der Waals surface area contributed by atoms with Crippen molar-refractivity contribution < 1.29 is 41.7 Å². The van der Waals surface area contributed by atoms with Crippen molar-refractivity contribution in [1.82, 2.24) is 67.1 Å². The number of aromatic nitrogens is 12. The molecule has 0 fully saturated rings. The van der Waals surface area contributed by atoms with Crippen molar-refractivity contribution in [3.8, 4) is 0 Å². The van der Waals surface area contributed by atoms with Gasteiger partial charge in [-0.1, -0.05) is 114 Å². The molecule has 416 valence electrons. The van der Waals surface area contributed by atoms with Crippen LogP contribution in [0.3, 0.4) is 0 Å². The Morgan fingerprint density at radius 1 is 0.247 bits per heavy atom. The molecule has 0 N–H and O–H groups in total. The minimum Gasteiger partial charge on any atom is -0.327 e. The van der Waals surface area contributed by atoms with E-state index in [1.807, 2.05) is 0 Å². The summed E-state index contributed by atoms with van der Waals surface area (Å²) in [5, 5.41) is 0. The number of para-hydroxylation sites is 12. The second kappa shape index (κ2) is 27.0. The molecule has 6 aromatic heterocycles. The van der Waals surface area contributed by atoms with Gasteiger partial charge in [-0.25, -0.2) is 29.9 Å². The Kier molecular flexibility index (Phi) is 19.2. The number of benzene rings is 6. The third kappa shape index (κ3) is 12.5. The fourth-order valence-corrected chi connectivity index (χ4v) is 11.9. The fourth-order valence-electron chi connectivity index (χ4n) is 11.9. The van der Waals surface area contributed by atoms with Crippen LogP contribution in [0, 0.1) is 41.7 Å². The van der Waals surface area contributed by atoms with Gasteiger partial charge in [0.1, 0.15) is 34.9 Å². The summed E-state index contributed by atoms with van der Waals surface area (Å²) < 4.78 is 14.4. The van der Waals surface area contributed by atoms with Crippen molar-refractivity contribution in [1.29, 1.82) is 0 Å². The van der Waals surface area contributed by atoms with Crippen LogP contribution in [0.25, 0.3) is 66.2 Å². The maximum atomic E-state index is 5.12. The molecule has 0 saturated carbocycles. The number of hydrogen-bond acceptors (Lipinski definition) is 8. The Bertz CT molecular complexity index is 3330. The molecule has 15 heteroatoms. The van der Waals surface area contributed by atoms with E-state index in [2.05, 4.69) is 224 Å². The van der Waals surface area contributed by atoms with Gasteiger partial charge in [-0.05, 0) is 111 Å². The van der Waals surface area contributed by atoms with E-state index < -0.39 is 0 Å². The van der Waals surface area contributed by atoms with E-state index in [-0.39, 0.29) is 41.7 Å². The summed E-state index contributed by atoms with van der Waals surface area (Å²) in [5.41, 5.74) is 13.6. The Morgan fingerprint density at radius 3 is 0.543 bits per heavy atom. The van der Waals surface area contributed by atoms with E-state index in [4.69, 9.17) is 29.9 Å². The molecule has 0 atom stereocenters. The first-order valence-electron chi connectivity index (χ1n) is 29.5. The van der Waals surface area contributed by atoms with Gasteiger partial charge in [-0.2, -0.15) is 0 Å². The van der Waals surface area contributed by atoms with Gasteiger partial charge >= 0.3 is 0 Å². The molecule has 0 aliphatic carbocycles. The van der Waals surface area contributed by atoms with Crippen LogP contribution < -0.4 is 0 Å². The van der Waals surface area contributed by atoms with E-state index in [9.17, 15) is 0 Å². The molecule has 14 nitrogen and oxygen atoms in total. The molecule has 0 aliphatic rings. The van der Waals surface area contributed by atoms with Crippen LogP contribution in [0.4, 0.5) is 0 Å². The van der Waals surface area contributed by atoms with Crippen LogP contribution >= 0.6 is 0 Å². The predicted octanol–water partition coefficient (Wildman–Crippen LogP) is 14.3. The van der Waals surface area contributed by atoms with Gasteiger partial charge in [-0.3, -0.25) is 9.80 Å². The SMILES string of the molecule is CCCn1c(CN(Cc2nc3ccccc3n2CCC)Cc2nc3ccccc3n2CCC)nc2ccccc21.CCCn1c(CN(Cc2nc3ccccc3n2CCC)Cc2nc3ccccc3n2CCC)nc2ccccc21.[Ce]. The molecular weight excluding hydrogens is 1130 g/mol. The summed E-state index contributed by atoms with van der Waals surface area (Å²) in [6.45, 7) is 23.4. The van der Waals surface area contributed by atoms with Gasteiger partial charge in [0.15, 0.2) is 0 Å². The van der Waals surface area contributed by atoms with Crippen molar-refractivity contribution >= 4 is 66.2 Å². The molecule has 0 bridgehead atoms. The average molecular weight is 1210 g/mol. The van der Waals surface area contributed by atoms with E-state index in [1.54, 1.807) is 0 Å². The third-order valence-electron chi connectivity index (χ3n) is 15.3. The van der Waals surface area contributed by atoms with Crippen molar-refractivity contribution in [2.45, 2.75) is 159 Å². The monoisotopic (exact) mass is 1210 g/mol. The van der Waals surface area contributed by atoms with Crippen LogP contribution in [0.5, 0.6) is 0 Å². The summed E-state index contributed by atoms with van der Waals surface area (Å²) in [4.78, 5) is 35.7. The largest absolute Gasteiger partial charge is 0.327 e. The first-order valence-corrected chi connectivity index (χ1v) is 29.5. The number of aryl methyl sites for hydroxylation is 6. The van der Waals surface area contributed by atoms with Crippen molar-refractivity contribution in [3.63, 3.8) is 0 Å². The Morgan fingerprint density at radius 2 is 0.395 bits per heavy atom. The number of fused-ring (bicyclic) bond motifs is 6. The topological polar surface area (TPSA) is 113 Å². The second-order valence-electron chi connectivity index (χ2n) is 21.3. The van der Waals surface area contributed by atoms with Crippen LogP contribution in [-0.2, 0) is 78.5 Å². The molecule has 0 saturated heterocycles. The van der Waals surface area contributed by atoms with Crippen molar-refractivity contribution in [2.24, 2.45) is 0 Å². The Labute approximate surface area is 510 Å². The molecule has 81 heavy (non-hydrogen) atoms. The Balaban J connectivity index is 0.000000180. The van der Waals surface area contributed by atoms with Gasteiger partial charge < -0.3 is 27.4 Å². The summed E-state index contributed by atoms with van der Waals surface area (Å²) in [6.07, 6.45) is 6.37. The summed E-state index contributed by atoms with van der Waals surface area (Å²) in [5.74, 6) is 6.58. The molecule has 0 radical (unpaired) electrons. The number of hydrogen-bond donors (Lipinski definition) is 0. The summed E-state index contributed by atoms with van der Waals surface area (Å²) in [7, 11) is 0. The fraction of sp³-hybridized carbons (Fsp3) is 0.364. The molecule has 0 amide bonds. The minimum atomic E-state index is 0. The maximum Gasteiger partial charge on any atom is 0.124 e. The molecular formula is C66H78CeN14. The van der Waals surface area contributed by atoms with Gasteiger partial charge in [0.25, 0.3) is 0 Å². The number of nitrogens with zero attached hydrogens (tertiary/aromatic N) is 14. The van der Waals surface area contributed by atoms with E-state index in [0.29, 0.717) is 0 Å². The number of imidazole rings is 6. The zero-order valence-electron chi connectivity index (χ0n) is 48.3. The van der Waals surface area contributed by atoms with Gasteiger partial charge in [0, 0.05) is 81.0 Å². The minimum absolute atomic E-state index is 0. The predicted molar refractivity (Wildman–Crippen MR) is 326 cm³/mol. The third-order valence-corrected chi connectivity index (χ3v) is 15.3. The first-order chi connectivity index (χ1) is 39.4. The number of rotatable bonds is 24. The molecule has 12 rings (SSSR count). The van der Waals surface area contributed by atoms with Crippen LogP contribution in [-0.4, -0.2) is 67.1 Å². The molecule has 0 unspecified atom stereocenters. The quantitative estimate of drug-likeness (QED) is 0.0588. The summed E-state index contributed by atoms with van der Waals surface area (Å²) in [6, 6.07) is 51.0. The van der Waals surface area contributed by atoms with Crippen LogP contribution in [0.15, 0.2) is 146 Å². The van der Waals surface area contributed by atoms with E-state index >= 15 is 0 Å². The van der Waals surface area contributed by atoms with Crippen molar-refractivity contribution in [3.05, 3.63) is 181 Å². The zero-order valence-corrected chi connectivity index (χ0v) is 51.5. The standard InChI is InChI=1S/2C33H39N7.Ce/c2*1-4-19-38-28-16-10-7-13-25(28)34-31(38)22-37(23-32-35-26-14-8-11-17-29(26)39(32)20-5-2)24-33-36-27-15-9-12-18-30(27)40(33)21-6-3;/h2*7-18H,4-6,19-24H2,1-3H3;. The van der Waals surface area contributed by atoms with Crippen molar-refractivity contribution in [2.75, 3.05) is 0 Å². The maximum absolute atomic E-state index is 5.12. The Hall–Kier alpha value is -6.56. The van der Waals surface area contributed by atoms with Crippen LogP contribution in [0.2, 0.25) is 0 Å². The van der Waals surface area contributed by atoms with Gasteiger partial charge in [-0.15, -0.1) is 0 Å². The van der Waals surface area contributed by atoms with Crippen LogP contribution in [0.1, 0.15) is 115 Å². The van der Waals surface area contributed by atoms with E-state index in [0.717, 1.165) is 185 Å². The summed E-state index contributed by atoms with van der Waals surface area (Å²) >= 11 is 0. The average Bonchev–Trinajstić information content (AvgIpc) is 4.35. The van der Waals surface area contributed by atoms with E-state index in [1.165, 1.54) is 33.1 Å². The van der Waals surface area contributed by atoms with Gasteiger partial charge in [0.05, 0.1) is 105 Å². The normalized spacial score (nSPS) is 11.9. The second-order valence-corrected chi connectivity index (χ2v) is 21.3. The molecule has 6 aromatic carbocycles. The van der Waals surface area contributed by atoms with Gasteiger partial charge in [0.2, 0.25) is 0 Å². The molecule has 0 spiro atoms. The smallest absolute Gasteiger partial charge is 0.124 e. The first kappa shape index (κ1) is 57.7. The molecule has 12 aromatic rings.